The smallest absolute Gasteiger partial charge is 0.0766 e. The number of hydrogen-bond acceptors (Lipinski definition) is 2. The molecule has 3 saturated carbocycles. The molecular weight excluding hydrogens is 326 g/mol. The summed E-state index contributed by atoms with van der Waals surface area (Å²) in [7, 11) is 2.11. The molecule has 2 unspecified atom stereocenters. The van der Waals surface area contributed by atoms with Gasteiger partial charge in [0.25, 0.3) is 0 Å². The maximum Gasteiger partial charge on any atom is 0.0766 e. The van der Waals surface area contributed by atoms with Crippen molar-refractivity contribution in [3.8, 4) is 0 Å². The van der Waals surface area contributed by atoms with Gasteiger partial charge in [0.2, 0.25) is 0 Å². The van der Waals surface area contributed by atoms with E-state index in [2.05, 4.69) is 45.0 Å². The fourth-order valence-corrected chi connectivity index (χ4v) is 5.13. The number of hydrogen-bond donors (Lipinski definition) is 1. The van der Waals surface area contributed by atoms with Gasteiger partial charge in [-0.15, -0.1) is 0 Å². The highest BCUT2D eigenvalue weighted by Gasteiger charge is 2.54. The van der Waals surface area contributed by atoms with Crippen LogP contribution in [0.15, 0.2) is 4.47 Å². The molecule has 1 aromatic heterocycles. The van der Waals surface area contributed by atoms with E-state index in [1.165, 1.54) is 60.9 Å². The summed E-state index contributed by atoms with van der Waals surface area (Å²) in [6.07, 6.45) is 9.32. The molecule has 0 amide bonds. The number of aryl methyl sites for hydroxylation is 2. The third-order valence-electron chi connectivity index (χ3n) is 5.85. The lowest BCUT2D eigenvalue weighted by Crippen LogP contribution is -2.36. The van der Waals surface area contributed by atoms with E-state index in [-0.39, 0.29) is 0 Å². The van der Waals surface area contributed by atoms with Crippen molar-refractivity contribution in [3.05, 3.63) is 15.9 Å². The van der Waals surface area contributed by atoms with E-state index in [9.17, 15) is 0 Å². The molecule has 3 nitrogen and oxygen atoms in total. The summed E-state index contributed by atoms with van der Waals surface area (Å²) < 4.78 is 3.38. The van der Waals surface area contributed by atoms with Gasteiger partial charge in [-0.25, -0.2) is 0 Å². The SMILES string of the molecule is CCc1nn(C)c(CC2(CNC3CC3)CC3CC3C2)c1Br. The number of halogens is 1. The van der Waals surface area contributed by atoms with Gasteiger partial charge in [0.15, 0.2) is 0 Å². The molecule has 2 atom stereocenters. The normalized spacial score (nSPS) is 34.2. The molecule has 0 aliphatic heterocycles. The zero-order valence-corrected chi connectivity index (χ0v) is 14.7. The zero-order valence-electron chi connectivity index (χ0n) is 13.2. The van der Waals surface area contributed by atoms with Crippen LogP contribution in [0.3, 0.4) is 0 Å². The minimum absolute atomic E-state index is 0.484. The summed E-state index contributed by atoms with van der Waals surface area (Å²) in [4.78, 5) is 0. The van der Waals surface area contributed by atoms with Gasteiger partial charge in [0, 0.05) is 19.6 Å². The minimum Gasteiger partial charge on any atom is -0.313 e. The number of nitrogens with zero attached hydrogens (tertiary/aromatic N) is 2. The van der Waals surface area contributed by atoms with Crippen molar-refractivity contribution in [2.24, 2.45) is 24.3 Å². The van der Waals surface area contributed by atoms with Crippen LogP contribution in [0.5, 0.6) is 0 Å². The van der Waals surface area contributed by atoms with Gasteiger partial charge in [-0.2, -0.15) is 5.10 Å². The summed E-state index contributed by atoms with van der Waals surface area (Å²) in [6.45, 7) is 3.40. The van der Waals surface area contributed by atoms with Gasteiger partial charge in [-0.1, -0.05) is 6.92 Å². The van der Waals surface area contributed by atoms with E-state index in [0.717, 1.165) is 24.3 Å². The van der Waals surface area contributed by atoms with E-state index in [1.54, 1.807) is 0 Å². The molecule has 4 heteroatoms. The fraction of sp³-hybridized carbons (Fsp3) is 0.824. The molecule has 116 valence electrons. The summed E-state index contributed by atoms with van der Waals surface area (Å²) in [5.41, 5.74) is 3.10. The first-order valence-corrected chi connectivity index (χ1v) is 9.33. The van der Waals surface area contributed by atoms with Crippen molar-refractivity contribution >= 4 is 15.9 Å². The van der Waals surface area contributed by atoms with Crippen LogP contribution in [0.2, 0.25) is 0 Å². The van der Waals surface area contributed by atoms with Gasteiger partial charge in [-0.3, -0.25) is 4.68 Å². The van der Waals surface area contributed by atoms with Crippen molar-refractivity contribution in [3.63, 3.8) is 0 Å². The number of aromatic nitrogens is 2. The van der Waals surface area contributed by atoms with Crippen molar-refractivity contribution in [2.45, 2.75) is 57.9 Å². The second kappa shape index (κ2) is 5.09. The quantitative estimate of drug-likeness (QED) is 0.850. The number of fused-ring (bicyclic) bond motifs is 1. The van der Waals surface area contributed by atoms with Crippen LogP contribution in [0.1, 0.15) is 50.4 Å². The summed E-state index contributed by atoms with van der Waals surface area (Å²) in [5, 5.41) is 8.50. The van der Waals surface area contributed by atoms with Crippen LogP contribution >= 0.6 is 15.9 Å². The van der Waals surface area contributed by atoms with Gasteiger partial charge in [0.1, 0.15) is 0 Å². The maximum absolute atomic E-state index is 4.69. The monoisotopic (exact) mass is 351 g/mol. The first-order valence-electron chi connectivity index (χ1n) is 8.54. The molecule has 0 spiro atoms. The van der Waals surface area contributed by atoms with Gasteiger partial charge >= 0.3 is 0 Å². The Labute approximate surface area is 136 Å². The summed E-state index contributed by atoms with van der Waals surface area (Å²) >= 11 is 3.81. The van der Waals surface area contributed by atoms with Crippen LogP contribution in [0.25, 0.3) is 0 Å². The maximum atomic E-state index is 4.69. The average molecular weight is 352 g/mol. The van der Waals surface area contributed by atoms with E-state index in [0.29, 0.717) is 5.41 Å². The Morgan fingerprint density at radius 3 is 2.62 bits per heavy atom. The molecule has 4 rings (SSSR count). The second-order valence-electron chi connectivity index (χ2n) is 7.68. The van der Waals surface area contributed by atoms with Crippen LogP contribution in [0, 0.1) is 17.3 Å². The molecule has 1 heterocycles. The Bertz CT molecular complexity index is 536. The number of rotatable bonds is 6. The average Bonchev–Trinajstić information content (AvgIpc) is 3.38. The predicted molar refractivity (Wildman–Crippen MR) is 88.3 cm³/mol. The lowest BCUT2D eigenvalue weighted by molar-refractivity contribution is 0.242. The van der Waals surface area contributed by atoms with Crippen LogP contribution in [0.4, 0.5) is 0 Å². The summed E-state index contributed by atoms with van der Waals surface area (Å²) in [5.74, 6) is 2.06. The van der Waals surface area contributed by atoms with Crippen LogP contribution < -0.4 is 5.32 Å². The summed E-state index contributed by atoms with van der Waals surface area (Å²) in [6, 6.07) is 0.819. The van der Waals surface area contributed by atoms with E-state index in [1.807, 2.05) is 0 Å². The topological polar surface area (TPSA) is 29.9 Å². The van der Waals surface area contributed by atoms with Gasteiger partial charge in [-0.05, 0) is 78.1 Å². The Hall–Kier alpha value is -0.350. The van der Waals surface area contributed by atoms with E-state index < -0.39 is 0 Å². The Balaban J connectivity index is 1.55. The van der Waals surface area contributed by atoms with Crippen molar-refractivity contribution in [1.29, 1.82) is 0 Å². The first-order chi connectivity index (χ1) is 10.1. The third kappa shape index (κ3) is 2.70. The lowest BCUT2D eigenvalue weighted by atomic mass is 9.78. The molecule has 3 fully saturated rings. The lowest BCUT2D eigenvalue weighted by Gasteiger charge is -2.31. The molecule has 0 radical (unpaired) electrons. The molecule has 1 aromatic rings. The number of nitrogens with one attached hydrogen (secondary N) is 1. The molecule has 21 heavy (non-hydrogen) atoms. The van der Waals surface area contributed by atoms with E-state index in [4.69, 9.17) is 0 Å². The highest BCUT2D eigenvalue weighted by atomic mass is 79.9. The van der Waals surface area contributed by atoms with Crippen LogP contribution in [-0.2, 0) is 19.9 Å². The molecule has 0 saturated heterocycles. The Kier molecular flexibility index (Phi) is 3.45. The Morgan fingerprint density at radius 1 is 1.33 bits per heavy atom. The zero-order chi connectivity index (χ0) is 14.6. The first kappa shape index (κ1) is 14.3. The largest absolute Gasteiger partial charge is 0.313 e. The molecule has 3 aliphatic carbocycles. The Morgan fingerprint density at radius 2 is 2.05 bits per heavy atom. The minimum atomic E-state index is 0.484. The molecule has 1 N–H and O–H groups in total. The predicted octanol–water partition coefficient (Wildman–Crippen LogP) is 3.46. The molecule has 0 aromatic carbocycles. The molecule has 0 bridgehead atoms. The molecular formula is C17H26BrN3. The highest BCUT2D eigenvalue weighted by molar-refractivity contribution is 9.10. The highest BCUT2D eigenvalue weighted by Crippen LogP contribution is 2.61. The fourth-order valence-electron chi connectivity index (χ4n) is 4.37. The second-order valence-corrected chi connectivity index (χ2v) is 8.47. The van der Waals surface area contributed by atoms with Crippen molar-refractivity contribution in [1.82, 2.24) is 15.1 Å². The van der Waals surface area contributed by atoms with Crippen molar-refractivity contribution < 1.29 is 0 Å². The van der Waals surface area contributed by atoms with Crippen LogP contribution in [-0.4, -0.2) is 22.4 Å². The van der Waals surface area contributed by atoms with E-state index >= 15 is 0 Å². The standard InChI is InChI=1S/C17H26BrN3/c1-3-14-16(18)15(21(2)20-14)9-17(10-19-13-4-5-13)7-11-6-12(11)8-17/h11-13,19H,3-10H2,1-2H3. The molecule has 3 aliphatic rings. The van der Waals surface area contributed by atoms with Crippen molar-refractivity contribution in [2.75, 3.05) is 6.54 Å². The third-order valence-corrected chi connectivity index (χ3v) is 6.76. The van der Waals surface area contributed by atoms with Gasteiger partial charge < -0.3 is 5.32 Å². The van der Waals surface area contributed by atoms with Gasteiger partial charge in [0.05, 0.1) is 15.9 Å².